The largest absolute Gasteiger partial charge is 0.326 e. The molecule has 0 aromatic carbocycles. The van der Waals surface area contributed by atoms with Crippen molar-refractivity contribution >= 4 is 0 Å². The Morgan fingerprint density at radius 2 is 1.84 bits per heavy atom. The third-order valence-electron chi connectivity index (χ3n) is 4.29. The molecule has 0 aliphatic heterocycles. The molecule has 19 heavy (non-hydrogen) atoms. The van der Waals surface area contributed by atoms with Crippen molar-refractivity contribution in [1.82, 2.24) is 9.88 Å². The van der Waals surface area contributed by atoms with E-state index in [2.05, 4.69) is 28.9 Å². The molecule has 2 unspecified atom stereocenters. The van der Waals surface area contributed by atoms with Crippen LogP contribution < -0.4 is 5.73 Å². The van der Waals surface area contributed by atoms with Crippen LogP contribution in [-0.4, -0.2) is 28.5 Å². The number of nitrogens with zero attached hydrogens (tertiary/aromatic N) is 2. The summed E-state index contributed by atoms with van der Waals surface area (Å²) in [5.74, 6) is 0. The molecule has 3 heteroatoms. The number of hydrogen-bond donors (Lipinski definition) is 1. The predicted octanol–water partition coefficient (Wildman–Crippen LogP) is 2.95. The SMILES string of the molecule is CCN(Cc1ccncc1)C1CCCCCCC1N. The van der Waals surface area contributed by atoms with Crippen molar-refractivity contribution in [2.75, 3.05) is 6.54 Å². The molecule has 1 aliphatic carbocycles. The van der Waals surface area contributed by atoms with Crippen LogP contribution in [0.2, 0.25) is 0 Å². The molecule has 106 valence electrons. The van der Waals surface area contributed by atoms with E-state index < -0.39 is 0 Å². The maximum absolute atomic E-state index is 6.42. The van der Waals surface area contributed by atoms with Gasteiger partial charge in [0.25, 0.3) is 0 Å². The molecule has 1 aromatic rings. The zero-order chi connectivity index (χ0) is 13.5. The molecule has 1 saturated carbocycles. The Balaban J connectivity index is 2.01. The van der Waals surface area contributed by atoms with E-state index in [-0.39, 0.29) is 0 Å². The van der Waals surface area contributed by atoms with E-state index in [1.807, 2.05) is 12.4 Å². The van der Waals surface area contributed by atoms with Crippen LogP contribution >= 0.6 is 0 Å². The second kappa shape index (κ2) is 7.61. The van der Waals surface area contributed by atoms with Gasteiger partial charge in [0.05, 0.1) is 0 Å². The summed E-state index contributed by atoms with van der Waals surface area (Å²) in [4.78, 5) is 6.64. The summed E-state index contributed by atoms with van der Waals surface area (Å²) in [5.41, 5.74) is 7.76. The lowest BCUT2D eigenvalue weighted by Crippen LogP contribution is -2.47. The second-order valence-electron chi connectivity index (χ2n) is 5.64. The molecule has 1 heterocycles. The lowest BCUT2D eigenvalue weighted by molar-refractivity contribution is 0.147. The third-order valence-corrected chi connectivity index (χ3v) is 4.29. The van der Waals surface area contributed by atoms with Crippen LogP contribution in [0.4, 0.5) is 0 Å². The fourth-order valence-electron chi connectivity index (χ4n) is 3.13. The average Bonchev–Trinajstić information content (AvgIpc) is 2.43. The summed E-state index contributed by atoms with van der Waals surface area (Å²) in [5, 5.41) is 0. The highest BCUT2D eigenvalue weighted by Gasteiger charge is 2.24. The average molecular weight is 261 g/mol. The van der Waals surface area contributed by atoms with E-state index in [9.17, 15) is 0 Å². The molecule has 0 amide bonds. The van der Waals surface area contributed by atoms with Crippen molar-refractivity contribution in [3.63, 3.8) is 0 Å². The summed E-state index contributed by atoms with van der Waals surface area (Å²) in [6.45, 7) is 4.31. The molecule has 0 saturated heterocycles. The van der Waals surface area contributed by atoms with Crippen molar-refractivity contribution in [3.8, 4) is 0 Å². The standard InChI is InChI=1S/C16H27N3/c1-2-19(13-14-9-11-18-12-10-14)16-8-6-4-3-5-7-15(16)17/h9-12,15-16H,2-8,13,17H2,1H3. The normalized spacial score (nSPS) is 25.0. The topological polar surface area (TPSA) is 42.2 Å². The zero-order valence-electron chi connectivity index (χ0n) is 12.1. The minimum absolute atomic E-state index is 0.335. The molecule has 0 bridgehead atoms. The van der Waals surface area contributed by atoms with E-state index in [1.165, 1.54) is 44.1 Å². The number of pyridine rings is 1. The molecule has 0 spiro atoms. The van der Waals surface area contributed by atoms with Crippen molar-refractivity contribution in [1.29, 1.82) is 0 Å². The lowest BCUT2D eigenvalue weighted by Gasteiger charge is -2.36. The van der Waals surface area contributed by atoms with Gasteiger partial charge in [-0.05, 0) is 37.1 Å². The second-order valence-corrected chi connectivity index (χ2v) is 5.64. The molecule has 3 nitrogen and oxygen atoms in total. The third kappa shape index (κ3) is 4.29. The molecule has 1 aromatic heterocycles. The summed E-state index contributed by atoms with van der Waals surface area (Å²) < 4.78 is 0. The van der Waals surface area contributed by atoms with Crippen LogP contribution in [0, 0.1) is 0 Å². The van der Waals surface area contributed by atoms with E-state index in [0.717, 1.165) is 13.1 Å². The summed E-state index contributed by atoms with van der Waals surface area (Å²) >= 11 is 0. The predicted molar refractivity (Wildman–Crippen MR) is 79.8 cm³/mol. The minimum atomic E-state index is 0.335. The van der Waals surface area contributed by atoms with E-state index in [4.69, 9.17) is 5.73 Å². The summed E-state index contributed by atoms with van der Waals surface area (Å²) in [7, 11) is 0. The Labute approximate surface area is 117 Å². The Kier molecular flexibility index (Phi) is 5.80. The maximum Gasteiger partial charge on any atom is 0.0271 e. The van der Waals surface area contributed by atoms with Crippen molar-refractivity contribution < 1.29 is 0 Å². The van der Waals surface area contributed by atoms with Gasteiger partial charge in [-0.1, -0.05) is 32.6 Å². The van der Waals surface area contributed by atoms with Gasteiger partial charge in [-0.25, -0.2) is 0 Å². The Morgan fingerprint density at radius 1 is 1.16 bits per heavy atom. The first-order valence-corrected chi connectivity index (χ1v) is 7.69. The van der Waals surface area contributed by atoms with E-state index in [1.54, 1.807) is 0 Å². The Morgan fingerprint density at radius 3 is 2.53 bits per heavy atom. The number of rotatable bonds is 4. The van der Waals surface area contributed by atoms with Gasteiger partial charge in [0, 0.05) is 31.0 Å². The van der Waals surface area contributed by atoms with Gasteiger partial charge < -0.3 is 5.73 Å². The fraction of sp³-hybridized carbons (Fsp3) is 0.688. The van der Waals surface area contributed by atoms with Crippen LogP contribution in [0.15, 0.2) is 24.5 Å². The van der Waals surface area contributed by atoms with Gasteiger partial charge >= 0.3 is 0 Å². The van der Waals surface area contributed by atoms with Gasteiger partial charge in [0.1, 0.15) is 0 Å². The summed E-state index contributed by atoms with van der Waals surface area (Å²) in [6, 6.07) is 5.09. The molecule has 2 N–H and O–H groups in total. The van der Waals surface area contributed by atoms with Gasteiger partial charge in [0.2, 0.25) is 0 Å². The van der Waals surface area contributed by atoms with Gasteiger partial charge in [-0.3, -0.25) is 9.88 Å². The molecule has 1 fully saturated rings. The summed E-state index contributed by atoms with van der Waals surface area (Å²) in [6.07, 6.45) is 11.5. The smallest absolute Gasteiger partial charge is 0.0271 e. The molecule has 0 radical (unpaired) electrons. The highest BCUT2D eigenvalue weighted by atomic mass is 15.2. The van der Waals surface area contributed by atoms with Crippen LogP contribution in [0.5, 0.6) is 0 Å². The highest BCUT2D eigenvalue weighted by molar-refractivity contribution is 5.09. The Hall–Kier alpha value is -0.930. The molecule has 1 aliphatic rings. The number of aromatic nitrogens is 1. The number of nitrogens with two attached hydrogens (primary N) is 1. The van der Waals surface area contributed by atoms with Crippen LogP contribution in [0.3, 0.4) is 0 Å². The van der Waals surface area contributed by atoms with Crippen molar-refractivity contribution in [2.45, 2.75) is 64.1 Å². The highest BCUT2D eigenvalue weighted by Crippen LogP contribution is 2.22. The molecule has 2 atom stereocenters. The van der Waals surface area contributed by atoms with Gasteiger partial charge in [-0.2, -0.15) is 0 Å². The molecule has 2 rings (SSSR count). The van der Waals surface area contributed by atoms with Crippen LogP contribution in [0.25, 0.3) is 0 Å². The number of hydrogen-bond acceptors (Lipinski definition) is 3. The van der Waals surface area contributed by atoms with Gasteiger partial charge in [-0.15, -0.1) is 0 Å². The lowest BCUT2D eigenvalue weighted by atomic mass is 9.91. The van der Waals surface area contributed by atoms with E-state index >= 15 is 0 Å². The van der Waals surface area contributed by atoms with Gasteiger partial charge in [0.15, 0.2) is 0 Å². The monoisotopic (exact) mass is 261 g/mol. The zero-order valence-corrected chi connectivity index (χ0v) is 12.1. The van der Waals surface area contributed by atoms with E-state index in [0.29, 0.717) is 12.1 Å². The maximum atomic E-state index is 6.42. The number of likely N-dealkylation sites (N-methyl/N-ethyl adjacent to an activating group) is 1. The first-order chi connectivity index (χ1) is 9.31. The van der Waals surface area contributed by atoms with Crippen molar-refractivity contribution in [2.24, 2.45) is 5.73 Å². The first-order valence-electron chi connectivity index (χ1n) is 7.69. The molecular weight excluding hydrogens is 234 g/mol. The molecular formula is C16H27N3. The first kappa shape index (κ1) is 14.5. The minimum Gasteiger partial charge on any atom is -0.326 e. The quantitative estimate of drug-likeness (QED) is 0.906. The Bertz CT molecular complexity index is 352. The van der Waals surface area contributed by atoms with Crippen molar-refractivity contribution in [3.05, 3.63) is 30.1 Å². The van der Waals surface area contributed by atoms with Crippen LogP contribution in [0.1, 0.15) is 51.0 Å². The van der Waals surface area contributed by atoms with Crippen LogP contribution in [-0.2, 0) is 6.54 Å². The fourth-order valence-corrected chi connectivity index (χ4v) is 3.13.